The largest absolute Gasteiger partial charge is 0.507 e. The summed E-state index contributed by atoms with van der Waals surface area (Å²) in [6.07, 6.45) is -5.26. The lowest BCUT2D eigenvalue weighted by molar-refractivity contribution is -0.137. The van der Waals surface area contributed by atoms with Crippen LogP contribution in [0.15, 0.2) is 36.4 Å². The highest BCUT2D eigenvalue weighted by Crippen LogP contribution is 2.39. The molecule has 3 nitrogen and oxygen atoms in total. The van der Waals surface area contributed by atoms with Crippen LogP contribution in [0.3, 0.4) is 0 Å². The van der Waals surface area contributed by atoms with E-state index in [1.54, 1.807) is 0 Å². The number of methoxy groups -OCH3 is 1. The monoisotopic (exact) mass is 346 g/mol. The fourth-order valence-corrected chi connectivity index (χ4v) is 2.61. The zero-order valence-corrected chi connectivity index (χ0v) is 12.8. The summed E-state index contributed by atoms with van der Waals surface area (Å²) >= 11 is 6.11. The van der Waals surface area contributed by atoms with Crippen LogP contribution in [0.5, 0.6) is 5.75 Å². The van der Waals surface area contributed by atoms with Crippen molar-refractivity contribution in [3.63, 3.8) is 0 Å². The third kappa shape index (κ3) is 3.77. The Kier molecular flexibility index (Phi) is 5.19. The molecule has 0 spiro atoms. The van der Waals surface area contributed by atoms with Gasteiger partial charge in [0.2, 0.25) is 0 Å². The lowest BCUT2D eigenvalue weighted by atomic mass is 9.98. The van der Waals surface area contributed by atoms with Crippen molar-refractivity contribution in [2.24, 2.45) is 0 Å². The van der Waals surface area contributed by atoms with Crippen LogP contribution in [0.2, 0.25) is 5.02 Å². The molecule has 2 rings (SSSR count). The second-order valence-corrected chi connectivity index (χ2v) is 5.31. The molecule has 1 unspecified atom stereocenters. The van der Waals surface area contributed by atoms with Crippen molar-refractivity contribution in [1.29, 1.82) is 0 Å². The van der Waals surface area contributed by atoms with Crippen LogP contribution in [0, 0.1) is 0 Å². The van der Waals surface area contributed by atoms with Crippen LogP contribution < -0.4 is 0 Å². The van der Waals surface area contributed by atoms with Gasteiger partial charge in [-0.3, -0.25) is 0 Å². The Morgan fingerprint density at radius 2 is 1.78 bits per heavy atom. The number of aromatic hydroxyl groups is 1. The number of benzene rings is 2. The number of hydrogen-bond acceptors (Lipinski definition) is 3. The van der Waals surface area contributed by atoms with E-state index in [1.807, 2.05) is 0 Å². The Morgan fingerprint density at radius 3 is 2.22 bits per heavy atom. The van der Waals surface area contributed by atoms with E-state index in [4.69, 9.17) is 21.4 Å². The Bertz CT molecular complexity index is 661. The van der Waals surface area contributed by atoms with Crippen LogP contribution >= 0.6 is 11.6 Å². The third-order valence-corrected chi connectivity index (χ3v) is 3.70. The van der Waals surface area contributed by atoms with Crippen LogP contribution in [-0.2, 0) is 17.5 Å². The zero-order valence-electron chi connectivity index (χ0n) is 12.1. The third-order valence-electron chi connectivity index (χ3n) is 3.39. The number of rotatable bonds is 4. The van der Waals surface area contributed by atoms with E-state index >= 15 is 0 Å². The van der Waals surface area contributed by atoms with Gasteiger partial charge >= 0.3 is 6.18 Å². The van der Waals surface area contributed by atoms with Gasteiger partial charge in [-0.15, -0.1) is 0 Å². The molecular weight excluding hydrogens is 333 g/mol. The lowest BCUT2D eigenvalue weighted by Crippen LogP contribution is -2.08. The maximum Gasteiger partial charge on any atom is 0.416 e. The van der Waals surface area contributed by atoms with Crippen molar-refractivity contribution in [2.45, 2.75) is 18.9 Å². The number of halogens is 4. The molecule has 2 aromatic carbocycles. The van der Waals surface area contributed by atoms with Gasteiger partial charge in [0, 0.05) is 12.7 Å². The van der Waals surface area contributed by atoms with Gasteiger partial charge in [-0.2, -0.15) is 13.2 Å². The summed E-state index contributed by atoms with van der Waals surface area (Å²) in [5.41, 5.74) is 0.279. The molecule has 0 radical (unpaired) electrons. The predicted octanol–water partition coefficient (Wildman–Crippen LogP) is 4.29. The SMILES string of the molecule is COC(c1ccc(C(F)(F)F)cc1)c1c(O)cc(CO)cc1Cl. The molecule has 0 saturated heterocycles. The first-order valence-corrected chi connectivity index (χ1v) is 6.97. The molecule has 1 atom stereocenters. The topological polar surface area (TPSA) is 49.7 Å². The molecular formula is C16H14ClF3O3. The van der Waals surface area contributed by atoms with E-state index in [-0.39, 0.29) is 22.9 Å². The van der Waals surface area contributed by atoms with E-state index in [0.717, 1.165) is 12.1 Å². The minimum absolute atomic E-state index is 0.154. The van der Waals surface area contributed by atoms with Crippen molar-refractivity contribution < 1.29 is 28.1 Å². The number of aliphatic hydroxyl groups excluding tert-OH is 1. The minimum atomic E-state index is -4.43. The second-order valence-electron chi connectivity index (χ2n) is 4.90. The fraction of sp³-hybridized carbons (Fsp3) is 0.250. The van der Waals surface area contributed by atoms with Gasteiger partial charge in [-0.05, 0) is 35.4 Å². The molecule has 0 heterocycles. The Morgan fingerprint density at radius 1 is 1.17 bits per heavy atom. The number of aliphatic hydroxyl groups is 1. The van der Waals surface area contributed by atoms with Crippen LogP contribution in [0.25, 0.3) is 0 Å². The number of ether oxygens (including phenoxy) is 1. The number of phenols is 1. The fourth-order valence-electron chi connectivity index (χ4n) is 2.28. The summed E-state index contributed by atoms with van der Waals surface area (Å²) in [7, 11) is 1.36. The first kappa shape index (κ1) is 17.6. The van der Waals surface area contributed by atoms with Gasteiger partial charge in [0.15, 0.2) is 0 Å². The molecule has 23 heavy (non-hydrogen) atoms. The first-order valence-electron chi connectivity index (χ1n) is 6.60. The average molecular weight is 347 g/mol. The van der Waals surface area contributed by atoms with E-state index in [0.29, 0.717) is 11.1 Å². The van der Waals surface area contributed by atoms with Crippen molar-refractivity contribution in [2.75, 3.05) is 7.11 Å². The maximum atomic E-state index is 12.6. The molecule has 0 aromatic heterocycles. The normalized spacial score (nSPS) is 13.1. The first-order chi connectivity index (χ1) is 10.8. The lowest BCUT2D eigenvalue weighted by Gasteiger charge is -2.20. The summed E-state index contributed by atoms with van der Waals surface area (Å²) in [6, 6.07) is 7.21. The highest BCUT2D eigenvalue weighted by Gasteiger charge is 2.30. The molecule has 0 bridgehead atoms. The van der Waals surface area contributed by atoms with Gasteiger partial charge < -0.3 is 14.9 Å². The molecule has 0 fully saturated rings. The van der Waals surface area contributed by atoms with Crippen LogP contribution in [-0.4, -0.2) is 17.3 Å². The predicted molar refractivity (Wildman–Crippen MR) is 79.3 cm³/mol. The number of alkyl halides is 3. The van der Waals surface area contributed by atoms with Gasteiger partial charge in [0.25, 0.3) is 0 Å². The average Bonchev–Trinajstić information content (AvgIpc) is 2.50. The highest BCUT2D eigenvalue weighted by atomic mass is 35.5. The standard InChI is InChI=1S/C16H14ClF3O3/c1-23-15(10-2-4-11(5-3-10)16(18,19)20)14-12(17)6-9(8-21)7-13(14)22/h2-7,15,21-22H,8H2,1H3. The van der Waals surface area contributed by atoms with Crippen molar-refractivity contribution in [1.82, 2.24) is 0 Å². The number of phenolic OH excluding ortho intramolecular Hbond substituents is 1. The molecule has 0 amide bonds. The Labute approximate surface area is 135 Å². The van der Waals surface area contributed by atoms with Crippen molar-refractivity contribution in [3.8, 4) is 5.75 Å². The molecule has 0 aliphatic rings. The van der Waals surface area contributed by atoms with E-state index in [9.17, 15) is 18.3 Å². The Balaban J connectivity index is 2.44. The second kappa shape index (κ2) is 6.78. The smallest absolute Gasteiger partial charge is 0.416 e. The Hall–Kier alpha value is -1.76. The van der Waals surface area contributed by atoms with E-state index in [1.165, 1.54) is 31.4 Å². The summed E-state index contributed by atoms with van der Waals surface area (Å²) in [4.78, 5) is 0. The van der Waals surface area contributed by atoms with Gasteiger partial charge in [0.1, 0.15) is 11.9 Å². The molecule has 124 valence electrons. The van der Waals surface area contributed by atoms with Crippen LogP contribution in [0.1, 0.15) is 28.4 Å². The summed E-state index contributed by atoms with van der Waals surface area (Å²) in [6.45, 7) is -0.300. The number of hydrogen-bond donors (Lipinski definition) is 2. The maximum absolute atomic E-state index is 12.6. The van der Waals surface area contributed by atoms with Crippen molar-refractivity contribution in [3.05, 3.63) is 63.7 Å². The summed E-state index contributed by atoms with van der Waals surface area (Å²) in [5.74, 6) is -0.201. The van der Waals surface area contributed by atoms with Gasteiger partial charge in [0.05, 0.1) is 17.2 Å². The van der Waals surface area contributed by atoms with Gasteiger partial charge in [-0.25, -0.2) is 0 Å². The van der Waals surface area contributed by atoms with E-state index < -0.39 is 17.8 Å². The molecule has 0 aliphatic heterocycles. The summed E-state index contributed by atoms with van der Waals surface area (Å²) in [5, 5.41) is 19.3. The quantitative estimate of drug-likeness (QED) is 0.868. The molecule has 0 saturated carbocycles. The highest BCUT2D eigenvalue weighted by molar-refractivity contribution is 6.31. The zero-order chi connectivity index (χ0) is 17.2. The summed E-state index contributed by atoms with van der Waals surface area (Å²) < 4.78 is 43.2. The van der Waals surface area contributed by atoms with Gasteiger partial charge in [-0.1, -0.05) is 23.7 Å². The van der Waals surface area contributed by atoms with Crippen LogP contribution in [0.4, 0.5) is 13.2 Å². The van der Waals surface area contributed by atoms with Crippen molar-refractivity contribution >= 4 is 11.6 Å². The molecule has 2 aromatic rings. The molecule has 7 heteroatoms. The van der Waals surface area contributed by atoms with E-state index in [2.05, 4.69) is 0 Å². The molecule has 2 N–H and O–H groups in total. The molecule has 0 aliphatic carbocycles. The minimum Gasteiger partial charge on any atom is -0.507 e.